The summed E-state index contributed by atoms with van der Waals surface area (Å²) in [5.41, 5.74) is 2.55. The molecule has 5 nitrogen and oxygen atoms in total. The highest BCUT2D eigenvalue weighted by molar-refractivity contribution is 5.94. The van der Waals surface area contributed by atoms with E-state index >= 15 is 0 Å². The Morgan fingerprint density at radius 2 is 1.95 bits per heavy atom. The standard InChI is InChI=1S/C15H18N4O/c1-3-16-15(20)12-4-6-13(7-5-12)18-10-14-8-9-17-11(2)19-14/h4-9,18H,3,10H2,1-2H3,(H,16,20). The van der Waals surface area contributed by atoms with Crippen LogP contribution in [-0.4, -0.2) is 22.4 Å². The van der Waals surface area contributed by atoms with Gasteiger partial charge in [-0.25, -0.2) is 9.97 Å². The minimum atomic E-state index is -0.0505. The predicted molar refractivity (Wildman–Crippen MR) is 78.5 cm³/mol. The second-order valence-corrected chi connectivity index (χ2v) is 4.39. The van der Waals surface area contributed by atoms with Gasteiger partial charge in [0.25, 0.3) is 5.91 Å². The maximum Gasteiger partial charge on any atom is 0.251 e. The summed E-state index contributed by atoms with van der Waals surface area (Å²) in [4.78, 5) is 20.0. The van der Waals surface area contributed by atoms with Gasteiger partial charge in [0.1, 0.15) is 5.82 Å². The molecule has 0 aliphatic heterocycles. The molecular weight excluding hydrogens is 252 g/mol. The maximum atomic E-state index is 11.6. The highest BCUT2D eigenvalue weighted by Crippen LogP contribution is 2.10. The van der Waals surface area contributed by atoms with Gasteiger partial charge in [-0.05, 0) is 44.2 Å². The van der Waals surface area contributed by atoms with E-state index in [1.807, 2.05) is 32.0 Å². The molecule has 2 N–H and O–H groups in total. The summed E-state index contributed by atoms with van der Waals surface area (Å²) < 4.78 is 0. The summed E-state index contributed by atoms with van der Waals surface area (Å²) in [5.74, 6) is 0.710. The van der Waals surface area contributed by atoms with Gasteiger partial charge in [0.2, 0.25) is 0 Å². The number of nitrogens with one attached hydrogen (secondary N) is 2. The van der Waals surface area contributed by atoms with Crippen LogP contribution in [0.15, 0.2) is 36.5 Å². The van der Waals surface area contributed by atoms with E-state index < -0.39 is 0 Å². The second-order valence-electron chi connectivity index (χ2n) is 4.39. The molecule has 0 aliphatic carbocycles. The van der Waals surface area contributed by atoms with Crippen molar-refractivity contribution in [3.63, 3.8) is 0 Å². The number of hydrogen-bond acceptors (Lipinski definition) is 4. The third-order valence-electron chi connectivity index (χ3n) is 2.79. The number of aromatic nitrogens is 2. The number of carbonyl (C=O) groups is 1. The number of hydrogen-bond donors (Lipinski definition) is 2. The Balaban J connectivity index is 1.95. The van der Waals surface area contributed by atoms with E-state index in [0.29, 0.717) is 18.7 Å². The van der Waals surface area contributed by atoms with Gasteiger partial charge < -0.3 is 10.6 Å². The quantitative estimate of drug-likeness (QED) is 0.873. The van der Waals surface area contributed by atoms with Crippen LogP contribution in [0.3, 0.4) is 0 Å². The van der Waals surface area contributed by atoms with Crippen molar-refractivity contribution in [2.45, 2.75) is 20.4 Å². The molecule has 104 valence electrons. The largest absolute Gasteiger partial charge is 0.379 e. The first-order chi connectivity index (χ1) is 9.69. The summed E-state index contributed by atoms with van der Waals surface area (Å²) >= 11 is 0. The van der Waals surface area contributed by atoms with Crippen molar-refractivity contribution in [2.24, 2.45) is 0 Å². The maximum absolute atomic E-state index is 11.6. The van der Waals surface area contributed by atoms with E-state index in [1.54, 1.807) is 18.3 Å². The van der Waals surface area contributed by atoms with Crippen molar-refractivity contribution in [2.75, 3.05) is 11.9 Å². The van der Waals surface area contributed by atoms with Crippen LogP contribution < -0.4 is 10.6 Å². The summed E-state index contributed by atoms with van der Waals surface area (Å²) in [6.07, 6.45) is 1.75. The Labute approximate surface area is 118 Å². The fourth-order valence-corrected chi connectivity index (χ4v) is 1.80. The lowest BCUT2D eigenvalue weighted by molar-refractivity contribution is 0.0956. The molecule has 1 amide bonds. The van der Waals surface area contributed by atoms with Crippen LogP contribution in [0.2, 0.25) is 0 Å². The van der Waals surface area contributed by atoms with Crippen LogP contribution in [0.5, 0.6) is 0 Å². The molecule has 1 heterocycles. The molecule has 2 aromatic rings. The molecule has 0 atom stereocenters. The van der Waals surface area contributed by atoms with Crippen molar-refractivity contribution in [1.29, 1.82) is 0 Å². The van der Waals surface area contributed by atoms with Gasteiger partial charge in [-0.1, -0.05) is 0 Å². The van der Waals surface area contributed by atoms with Crippen molar-refractivity contribution in [3.05, 3.63) is 53.6 Å². The number of carbonyl (C=O) groups excluding carboxylic acids is 1. The molecule has 0 unspecified atom stereocenters. The van der Waals surface area contributed by atoms with Gasteiger partial charge in [-0.15, -0.1) is 0 Å². The van der Waals surface area contributed by atoms with E-state index in [4.69, 9.17) is 0 Å². The van der Waals surface area contributed by atoms with Crippen molar-refractivity contribution in [3.8, 4) is 0 Å². The molecule has 1 aromatic carbocycles. The molecule has 0 spiro atoms. The Morgan fingerprint density at radius 3 is 2.60 bits per heavy atom. The van der Waals surface area contributed by atoms with Crippen LogP contribution in [-0.2, 0) is 6.54 Å². The molecule has 1 aromatic heterocycles. The summed E-state index contributed by atoms with van der Waals surface area (Å²) in [6, 6.07) is 9.26. The van der Waals surface area contributed by atoms with Crippen LogP contribution in [0.4, 0.5) is 5.69 Å². The first-order valence-corrected chi connectivity index (χ1v) is 6.59. The summed E-state index contributed by atoms with van der Waals surface area (Å²) in [5, 5.41) is 6.03. The lowest BCUT2D eigenvalue weighted by atomic mass is 10.2. The molecule has 0 saturated carbocycles. The lowest BCUT2D eigenvalue weighted by Gasteiger charge is -2.07. The highest BCUT2D eigenvalue weighted by Gasteiger charge is 2.03. The van der Waals surface area contributed by atoms with Gasteiger partial charge in [-0.2, -0.15) is 0 Å². The fraction of sp³-hybridized carbons (Fsp3) is 0.267. The van der Waals surface area contributed by atoms with Crippen LogP contribution in [0.25, 0.3) is 0 Å². The van der Waals surface area contributed by atoms with Crippen LogP contribution >= 0.6 is 0 Å². The van der Waals surface area contributed by atoms with Gasteiger partial charge in [-0.3, -0.25) is 4.79 Å². The van der Waals surface area contributed by atoms with Crippen LogP contribution in [0, 0.1) is 6.92 Å². The Hall–Kier alpha value is -2.43. The average Bonchev–Trinajstić information content (AvgIpc) is 2.46. The number of benzene rings is 1. The molecule has 20 heavy (non-hydrogen) atoms. The third-order valence-corrected chi connectivity index (χ3v) is 2.79. The topological polar surface area (TPSA) is 66.9 Å². The molecule has 0 saturated heterocycles. The zero-order valence-corrected chi connectivity index (χ0v) is 11.7. The first kappa shape index (κ1) is 14.0. The highest BCUT2D eigenvalue weighted by atomic mass is 16.1. The van der Waals surface area contributed by atoms with E-state index in [1.165, 1.54) is 0 Å². The van der Waals surface area contributed by atoms with Crippen molar-refractivity contribution in [1.82, 2.24) is 15.3 Å². The third kappa shape index (κ3) is 3.78. The number of anilines is 1. The second kappa shape index (κ2) is 6.65. The number of amides is 1. The average molecular weight is 270 g/mol. The molecule has 0 radical (unpaired) electrons. The van der Waals surface area contributed by atoms with E-state index in [9.17, 15) is 4.79 Å². The Morgan fingerprint density at radius 1 is 1.20 bits per heavy atom. The van der Waals surface area contributed by atoms with E-state index in [0.717, 1.165) is 17.2 Å². The normalized spacial score (nSPS) is 10.1. The van der Waals surface area contributed by atoms with E-state index in [-0.39, 0.29) is 5.91 Å². The summed E-state index contributed by atoms with van der Waals surface area (Å²) in [6.45, 7) is 5.03. The minimum absolute atomic E-state index is 0.0505. The molecular formula is C15H18N4O. The Kier molecular flexibility index (Phi) is 4.65. The van der Waals surface area contributed by atoms with Crippen molar-refractivity contribution < 1.29 is 4.79 Å². The molecule has 0 bridgehead atoms. The SMILES string of the molecule is CCNC(=O)c1ccc(NCc2ccnc(C)n2)cc1. The van der Waals surface area contributed by atoms with Gasteiger partial charge in [0.15, 0.2) is 0 Å². The number of rotatable bonds is 5. The van der Waals surface area contributed by atoms with Crippen LogP contribution in [0.1, 0.15) is 28.8 Å². The van der Waals surface area contributed by atoms with Gasteiger partial charge in [0.05, 0.1) is 12.2 Å². The van der Waals surface area contributed by atoms with Crippen molar-refractivity contribution >= 4 is 11.6 Å². The van der Waals surface area contributed by atoms with Gasteiger partial charge >= 0.3 is 0 Å². The fourth-order valence-electron chi connectivity index (χ4n) is 1.80. The zero-order valence-electron chi connectivity index (χ0n) is 11.7. The summed E-state index contributed by atoms with van der Waals surface area (Å²) in [7, 11) is 0. The zero-order chi connectivity index (χ0) is 14.4. The molecule has 2 rings (SSSR count). The first-order valence-electron chi connectivity index (χ1n) is 6.59. The minimum Gasteiger partial charge on any atom is -0.379 e. The predicted octanol–water partition coefficient (Wildman–Crippen LogP) is 2.15. The molecule has 0 aliphatic rings. The Bertz CT molecular complexity index is 581. The number of aryl methyl sites for hydroxylation is 1. The molecule has 5 heteroatoms. The smallest absolute Gasteiger partial charge is 0.251 e. The number of nitrogens with zero attached hydrogens (tertiary/aromatic N) is 2. The molecule has 0 fully saturated rings. The monoisotopic (exact) mass is 270 g/mol. The lowest BCUT2D eigenvalue weighted by Crippen LogP contribution is -2.22. The van der Waals surface area contributed by atoms with Gasteiger partial charge in [0, 0.05) is 24.0 Å². The van der Waals surface area contributed by atoms with E-state index in [2.05, 4.69) is 20.6 Å².